The monoisotopic (exact) mass is 606 g/mol. The summed E-state index contributed by atoms with van der Waals surface area (Å²) < 4.78 is 20.3. The molecule has 0 radical (unpaired) electrons. The van der Waals surface area contributed by atoms with Crippen molar-refractivity contribution < 1.29 is 18.7 Å². The van der Waals surface area contributed by atoms with Crippen LogP contribution in [0.2, 0.25) is 0 Å². The highest BCUT2D eigenvalue weighted by Crippen LogP contribution is 2.36. The zero-order valence-corrected chi connectivity index (χ0v) is 24.4. The molecule has 0 amide bonds. The van der Waals surface area contributed by atoms with Crippen molar-refractivity contribution in [3.63, 3.8) is 0 Å². The number of nitrogens with zero attached hydrogens (tertiary/aromatic N) is 2. The molecule has 5 rings (SSSR count). The van der Waals surface area contributed by atoms with Crippen molar-refractivity contribution in [1.82, 2.24) is 4.57 Å². The van der Waals surface area contributed by atoms with Crippen LogP contribution in [-0.4, -0.2) is 23.8 Å². The Morgan fingerprint density at radius 3 is 2.67 bits per heavy atom. The van der Waals surface area contributed by atoms with Crippen molar-refractivity contribution in [2.75, 3.05) is 13.2 Å². The Morgan fingerprint density at radius 2 is 1.92 bits per heavy atom. The lowest BCUT2D eigenvalue weighted by Crippen LogP contribution is -2.40. The Kier molecular flexibility index (Phi) is 7.72. The summed E-state index contributed by atoms with van der Waals surface area (Å²) >= 11 is 4.85. The van der Waals surface area contributed by atoms with E-state index < -0.39 is 12.0 Å². The van der Waals surface area contributed by atoms with Crippen LogP contribution < -0.4 is 19.6 Å². The van der Waals surface area contributed by atoms with E-state index >= 15 is 0 Å². The van der Waals surface area contributed by atoms with Crippen LogP contribution in [0.1, 0.15) is 43.7 Å². The van der Waals surface area contributed by atoms with E-state index in [2.05, 4.69) is 20.9 Å². The summed E-state index contributed by atoms with van der Waals surface area (Å²) in [6.45, 7) is 8.07. The molecule has 0 bridgehead atoms. The number of furan rings is 1. The van der Waals surface area contributed by atoms with Crippen LogP contribution in [0, 0.1) is 6.92 Å². The molecular formula is C30H27BrN2O5S. The third-order valence-electron chi connectivity index (χ3n) is 6.32. The van der Waals surface area contributed by atoms with Crippen LogP contribution >= 0.6 is 27.3 Å². The SMILES string of the molecule is CCOC(=O)C1=C(C)N=c2s/c(=C/c3ccc(-c4ccc(C)cc4Br)o3)c(=O)n2[C@H]1c1ccccc1OCC. The summed E-state index contributed by atoms with van der Waals surface area (Å²) in [7, 11) is 0. The molecule has 0 aliphatic carbocycles. The normalized spacial score (nSPS) is 15.2. The van der Waals surface area contributed by atoms with Gasteiger partial charge in [0, 0.05) is 21.7 Å². The average Bonchev–Trinajstić information content (AvgIpc) is 3.48. The third kappa shape index (κ3) is 5.16. The third-order valence-corrected chi connectivity index (χ3v) is 7.96. The number of hydrogen-bond acceptors (Lipinski definition) is 7. The summed E-state index contributed by atoms with van der Waals surface area (Å²) in [5.74, 6) is 1.30. The van der Waals surface area contributed by atoms with Crippen molar-refractivity contribution >= 4 is 39.3 Å². The lowest BCUT2D eigenvalue weighted by Gasteiger charge is -2.26. The number of para-hydroxylation sites is 1. The predicted octanol–water partition coefficient (Wildman–Crippen LogP) is 5.53. The zero-order chi connectivity index (χ0) is 27.7. The number of thiazole rings is 1. The number of carbonyl (C=O) groups excluding carboxylic acids is 1. The second-order valence-corrected chi connectivity index (χ2v) is 10.8. The fraction of sp³-hybridized carbons (Fsp3) is 0.233. The van der Waals surface area contributed by atoms with Gasteiger partial charge in [-0.15, -0.1) is 0 Å². The predicted molar refractivity (Wildman–Crippen MR) is 155 cm³/mol. The maximum atomic E-state index is 13.9. The summed E-state index contributed by atoms with van der Waals surface area (Å²) in [5.41, 5.74) is 3.28. The molecular weight excluding hydrogens is 580 g/mol. The first-order valence-electron chi connectivity index (χ1n) is 12.6. The van der Waals surface area contributed by atoms with Gasteiger partial charge in [0.15, 0.2) is 4.80 Å². The van der Waals surface area contributed by atoms with Gasteiger partial charge in [-0.1, -0.05) is 51.5 Å². The van der Waals surface area contributed by atoms with Crippen molar-refractivity contribution in [3.8, 4) is 17.1 Å². The number of carbonyl (C=O) groups is 1. The van der Waals surface area contributed by atoms with Crippen molar-refractivity contribution in [1.29, 1.82) is 0 Å². The Labute approximate surface area is 237 Å². The van der Waals surface area contributed by atoms with E-state index in [1.165, 1.54) is 11.3 Å². The van der Waals surface area contributed by atoms with E-state index in [4.69, 9.17) is 13.9 Å². The van der Waals surface area contributed by atoms with E-state index in [-0.39, 0.29) is 12.2 Å². The highest BCUT2D eigenvalue weighted by Gasteiger charge is 2.35. The van der Waals surface area contributed by atoms with Gasteiger partial charge in [-0.3, -0.25) is 9.36 Å². The molecule has 0 fully saturated rings. The van der Waals surface area contributed by atoms with Gasteiger partial charge in [0.2, 0.25) is 0 Å². The van der Waals surface area contributed by atoms with Gasteiger partial charge < -0.3 is 13.9 Å². The summed E-state index contributed by atoms with van der Waals surface area (Å²) in [6.07, 6.45) is 1.71. The Morgan fingerprint density at radius 1 is 1.13 bits per heavy atom. The number of halogens is 1. The first kappa shape index (κ1) is 26.9. The second-order valence-electron chi connectivity index (χ2n) is 8.96. The average molecular weight is 608 g/mol. The molecule has 7 nitrogen and oxygen atoms in total. The van der Waals surface area contributed by atoms with Gasteiger partial charge in [-0.05, 0) is 63.6 Å². The van der Waals surface area contributed by atoms with E-state index in [1.54, 1.807) is 24.5 Å². The lowest BCUT2D eigenvalue weighted by molar-refractivity contribution is -0.139. The molecule has 0 saturated heterocycles. The number of hydrogen-bond donors (Lipinski definition) is 0. The van der Waals surface area contributed by atoms with E-state index in [0.29, 0.717) is 50.0 Å². The summed E-state index contributed by atoms with van der Waals surface area (Å²) in [4.78, 5) is 32.2. The number of esters is 1. The molecule has 0 N–H and O–H groups in total. The summed E-state index contributed by atoms with van der Waals surface area (Å²) in [5, 5.41) is 0. The Bertz CT molecular complexity index is 1780. The molecule has 0 unspecified atom stereocenters. The van der Waals surface area contributed by atoms with Crippen LogP contribution in [0.25, 0.3) is 17.4 Å². The minimum Gasteiger partial charge on any atom is -0.494 e. The molecule has 1 aliphatic rings. The van der Waals surface area contributed by atoms with Crippen molar-refractivity contribution in [3.05, 3.63) is 107 Å². The van der Waals surface area contributed by atoms with Crippen molar-refractivity contribution in [2.45, 2.75) is 33.7 Å². The number of benzene rings is 2. The molecule has 1 aliphatic heterocycles. The highest BCUT2D eigenvalue weighted by molar-refractivity contribution is 9.10. The van der Waals surface area contributed by atoms with Gasteiger partial charge in [0.1, 0.15) is 23.3 Å². The molecule has 2 aromatic carbocycles. The molecule has 0 spiro atoms. The number of aryl methyl sites for hydroxylation is 1. The van der Waals surface area contributed by atoms with Gasteiger partial charge in [-0.25, -0.2) is 9.79 Å². The minimum atomic E-state index is -0.749. The lowest BCUT2D eigenvalue weighted by atomic mass is 9.95. The number of ether oxygens (including phenoxy) is 2. The molecule has 9 heteroatoms. The fourth-order valence-corrected chi connectivity index (χ4v) is 6.32. The molecule has 0 saturated carbocycles. The largest absolute Gasteiger partial charge is 0.494 e. The molecule has 200 valence electrons. The number of rotatable bonds is 7. The van der Waals surface area contributed by atoms with E-state index in [9.17, 15) is 9.59 Å². The highest BCUT2D eigenvalue weighted by atomic mass is 79.9. The van der Waals surface area contributed by atoms with E-state index in [1.807, 2.05) is 68.4 Å². The van der Waals surface area contributed by atoms with Gasteiger partial charge in [0.25, 0.3) is 5.56 Å². The van der Waals surface area contributed by atoms with E-state index in [0.717, 1.165) is 15.6 Å². The molecule has 39 heavy (non-hydrogen) atoms. The number of allylic oxidation sites excluding steroid dienone is 1. The van der Waals surface area contributed by atoms with Crippen LogP contribution in [0.5, 0.6) is 5.75 Å². The maximum absolute atomic E-state index is 13.9. The van der Waals surface area contributed by atoms with Gasteiger partial charge in [0.05, 0.1) is 29.0 Å². The van der Waals surface area contributed by atoms with Crippen LogP contribution in [0.15, 0.2) is 84.5 Å². The smallest absolute Gasteiger partial charge is 0.338 e. The van der Waals surface area contributed by atoms with Crippen LogP contribution in [0.3, 0.4) is 0 Å². The standard InChI is InChI=1S/C30H27BrN2O5S/c1-5-36-23-10-8-7-9-21(23)27-26(29(35)37-6-2)18(4)32-30-33(27)28(34)25(39-30)16-19-12-14-24(38-19)20-13-11-17(3)15-22(20)31/h7-16,27H,5-6H2,1-4H3/b25-16+/t27-/m0/s1. The zero-order valence-electron chi connectivity index (χ0n) is 22.0. The molecule has 1 atom stereocenters. The first-order valence-corrected chi connectivity index (χ1v) is 14.2. The van der Waals surface area contributed by atoms with Gasteiger partial charge >= 0.3 is 5.97 Å². The van der Waals surface area contributed by atoms with Gasteiger partial charge in [-0.2, -0.15) is 0 Å². The topological polar surface area (TPSA) is 83.0 Å². The number of aromatic nitrogens is 1. The Hall–Kier alpha value is -3.69. The maximum Gasteiger partial charge on any atom is 0.338 e. The quantitative estimate of drug-likeness (QED) is 0.258. The van der Waals surface area contributed by atoms with Crippen LogP contribution in [-0.2, 0) is 9.53 Å². The molecule has 3 heterocycles. The fourth-order valence-electron chi connectivity index (χ4n) is 4.60. The molecule has 2 aromatic heterocycles. The molecule has 4 aromatic rings. The van der Waals surface area contributed by atoms with Crippen molar-refractivity contribution in [2.24, 2.45) is 4.99 Å². The first-order chi connectivity index (χ1) is 18.8. The minimum absolute atomic E-state index is 0.206. The van der Waals surface area contributed by atoms with Crippen LogP contribution in [0.4, 0.5) is 0 Å². The number of fused-ring (bicyclic) bond motifs is 1. The summed E-state index contributed by atoms with van der Waals surface area (Å²) in [6, 6.07) is 16.4. The second kappa shape index (κ2) is 11.2. The Balaban J connectivity index is 1.66.